The third-order valence-electron chi connectivity index (χ3n) is 5.16. The molecular formula is C25H22F3N3O3S2. The summed E-state index contributed by atoms with van der Waals surface area (Å²) in [5, 5.41) is 15.1. The van der Waals surface area contributed by atoms with Gasteiger partial charge in [-0.3, -0.25) is 0 Å². The summed E-state index contributed by atoms with van der Waals surface area (Å²) >= 11 is 2.77. The zero-order chi connectivity index (χ0) is 25.9. The Hall–Kier alpha value is -3.44. The van der Waals surface area contributed by atoms with E-state index in [4.69, 9.17) is 0 Å². The van der Waals surface area contributed by atoms with E-state index >= 15 is 0 Å². The number of aryl methyl sites for hydroxylation is 1. The first-order valence-electron chi connectivity index (χ1n) is 11.0. The van der Waals surface area contributed by atoms with E-state index in [1.54, 1.807) is 24.4 Å². The molecule has 4 rings (SSSR count). The van der Waals surface area contributed by atoms with E-state index in [9.17, 15) is 23.1 Å². The lowest BCUT2D eigenvalue weighted by atomic mass is 10.0. The number of pyridine rings is 1. The number of hydrogen-bond donors (Lipinski definition) is 2. The lowest BCUT2D eigenvalue weighted by Gasteiger charge is -2.09. The highest BCUT2D eigenvalue weighted by atomic mass is 32.1. The first kappa shape index (κ1) is 25.6. The number of carbonyl (C=O) groups is 1. The number of hydrogen-bond acceptors (Lipinski definition) is 7. The van der Waals surface area contributed by atoms with Gasteiger partial charge >= 0.3 is 12.3 Å². The molecule has 4 aromatic rings. The molecule has 11 heteroatoms. The molecule has 0 amide bonds. The van der Waals surface area contributed by atoms with Crippen molar-refractivity contribution in [1.82, 2.24) is 9.97 Å². The van der Waals surface area contributed by atoms with Crippen LogP contribution in [0.3, 0.4) is 0 Å². The van der Waals surface area contributed by atoms with Crippen molar-refractivity contribution in [2.24, 2.45) is 5.92 Å². The molecule has 3 aromatic heterocycles. The molecule has 188 valence electrons. The van der Waals surface area contributed by atoms with Crippen molar-refractivity contribution in [3.63, 3.8) is 0 Å². The van der Waals surface area contributed by atoms with Gasteiger partial charge < -0.3 is 15.2 Å². The lowest BCUT2D eigenvalue weighted by molar-refractivity contribution is -0.274. The summed E-state index contributed by atoms with van der Waals surface area (Å²) in [7, 11) is 0. The van der Waals surface area contributed by atoms with Crippen LogP contribution in [0.25, 0.3) is 20.9 Å². The number of anilines is 2. The van der Waals surface area contributed by atoms with Gasteiger partial charge in [-0.25, -0.2) is 14.8 Å². The molecule has 0 radical (unpaired) electrons. The smallest absolute Gasteiger partial charge is 0.478 e. The predicted octanol–water partition coefficient (Wildman–Crippen LogP) is 7.86. The van der Waals surface area contributed by atoms with Gasteiger partial charge in [0.2, 0.25) is 0 Å². The Kier molecular flexibility index (Phi) is 7.60. The minimum Gasteiger partial charge on any atom is -0.478 e. The number of rotatable bonds is 9. The summed E-state index contributed by atoms with van der Waals surface area (Å²) in [5.74, 6) is -0.851. The molecule has 0 unspecified atom stereocenters. The quantitative estimate of drug-likeness (QED) is 0.228. The fourth-order valence-corrected chi connectivity index (χ4v) is 5.16. The van der Waals surface area contributed by atoms with Crippen LogP contribution < -0.4 is 10.1 Å². The van der Waals surface area contributed by atoms with Gasteiger partial charge in [0.25, 0.3) is 0 Å². The second-order valence-corrected chi connectivity index (χ2v) is 10.3. The van der Waals surface area contributed by atoms with Gasteiger partial charge in [-0.05, 0) is 66.1 Å². The largest absolute Gasteiger partial charge is 0.573 e. The Morgan fingerprint density at radius 1 is 1.17 bits per heavy atom. The highest BCUT2D eigenvalue weighted by Gasteiger charge is 2.31. The Morgan fingerprint density at radius 3 is 2.53 bits per heavy atom. The van der Waals surface area contributed by atoms with Gasteiger partial charge in [-0.1, -0.05) is 31.3 Å². The molecule has 0 bridgehead atoms. The van der Waals surface area contributed by atoms with Crippen molar-refractivity contribution in [3.8, 4) is 26.6 Å². The Balaban J connectivity index is 1.65. The summed E-state index contributed by atoms with van der Waals surface area (Å²) in [4.78, 5) is 22.7. The van der Waals surface area contributed by atoms with Crippen LogP contribution in [0.15, 0.2) is 54.0 Å². The number of halogens is 3. The van der Waals surface area contributed by atoms with Crippen LogP contribution in [0.4, 0.5) is 24.1 Å². The summed E-state index contributed by atoms with van der Waals surface area (Å²) in [6, 6.07) is 11.0. The van der Waals surface area contributed by atoms with E-state index in [2.05, 4.69) is 33.9 Å². The van der Waals surface area contributed by atoms with Gasteiger partial charge in [-0.15, -0.1) is 24.5 Å². The lowest BCUT2D eigenvalue weighted by Crippen LogP contribution is -2.16. The van der Waals surface area contributed by atoms with Gasteiger partial charge in [0.05, 0.1) is 10.6 Å². The van der Waals surface area contributed by atoms with Crippen molar-refractivity contribution in [1.29, 1.82) is 0 Å². The number of thiophene rings is 1. The Bertz CT molecular complexity index is 1340. The van der Waals surface area contributed by atoms with E-state index < -0.39 is 12.3 Å². The van der Waals surface area contributed by atoms with Crippen LogP contribution in [0, 0.1) is 5.92 Å². The van der Waals surface area contributed by atoms with E-state index in [1.165, 1.54) is 34.8 Å². The second-order valence-electron chi connectivity index (χ2n) is 8.33. The molecule has 0 aliphatic heterocycles. The van der Waals surface area contributed by atoms with Crippen molar-refractivity contribution in [2.45, 2.75) is 33.1 Å². The SMILES string of the molecule is CC(C)CCc1nc(Nc2ncc(-c3cccs3)cc2C(=O)O)sc1-c1ccc(OC(F)(F)F)cc1. The molecule has 0 atom stereocenters. The van der Waals surface area contributed by atoms with Crippen molar-refractivity contribution in [2.75, 3.05) is 5.32 Å². The number of thiazole rings is 1. The number of nitrogens with zero attached hydrogens (tertiary/aromatic N) is 2. The highest BCUT2D eigenvalue weighted by Crippen LogP contribution is 2.37. The summed E-state index contributed by atoms with van der Waals surface area (Å²) in [6.45, 7) is 4.18. The number of carboxylic acid groups (broad SMARTS) is 1. The molecular weight excluding hydrogens is 511 g/mol. The van der Waals surface area contributed by atoms with Crippen LogP contribution in [0.1, 0.15) is 36.3 Å². The normalized spacial score (nSPS) is 11.6. The van der Waals surface area contributed by atoms with E-state index in [-0.39, 0.29) is 17.1 Å². The minimum absolute atomic E-state index is 0.00929. The fourth-order valence-electron chi connectivity index (χ4n) is 3.44. The van der Waals surface area contributed by atoms with E-state index in [0.717, 1.165) is 21.9 Å². The first-order valence-corrected chi connectivity index (χ1v) is 12.7. The minimum atomic E-state index is -4.76. The van der Waals surface area contributed by atoms with Crippen LogP contribution in [-0.2, 0) is 6.42 Å². The topological polar surface area (TPSA) is 84.3 Å². The molecule has 6 nitrogen and oxygen atoms in total. The molecule has 1 aromatic carbocycles. The van der Waals surface area contributed by atoms with Gasteiger partial charge in [-0.2, -0.15) is 0 Å². The number of alkyl halides is 3. The summed E-state index contributed by atoms with van der Waals surface area (Å²) in [6.07, 6.45) is -1.64. The average Bonchev–Trinajstić information content (AvgIpc) is 3.48. The molecule has 2 N–H and O–H groups in total. The Labute approximate surface area is 213 Å². The first-order chi connectivity index (χ1) is 17.1. The zero-order valence-electron chi connectivity index (χ0n) is 19.3. The van der Waals surface area contributed by atoms with Crippen molar-refractivity contribution in [3.05, 3.63) is 65.3 Å². The van der Waals surface area contributed by atoms with Gasteiger partial charge in [0, 0.05) is 16.6 Å². The Morgan fingerprint density at radius 2 is 1.92 bits per heavy atom. The summed E-state index contributed by atoms with van der Waals surface area (Å²) in [5.41, 5.74) is 2.17. The predicted molar refractivity (Wildman–Crippen MR) is 135 cm³/mol. The zero-order valence-corrected chi connectivity index (χ0v) is 20.9. The number of aromatic carboxylic acids is 1. The monoisotopic (exact) mass is 533 g/mol. The van der Waals surface area contributed by atoms with Crippen LogP contribution in [0.5, 0.6) is 5.75 Å². The highest BCUT2D eigenvalue weighted by molar-refractivity contribution is 7.19. The second kappa shape index (κ2) is 10.7. The molecule has 0 spiro atoms. The molecule has 36 heavy (non-hydrogen) atoms. The average molecular weight is 534 g/mol. The molecule has 0 aliphatic rings. The molecule has 0 aliphatic carbocycles. The third kappa shape index (κ3) is 6.41. The van der Waals surface area contributed by atoms with E-state index in [0.29, 0.717) is 28.6 Å². The molecule has 0 saturated heterocycles. The summed E-state index contributed by atoms with van der Waals surface area (Å²) < 4.78 is 41.5. The maximum Gasteiger partial charge on any atom is 0.573 e. The van der Waals surface area contributed by atoms with Gasteiger partial charge in [0.1, 0.15) is 17.1 Å². The molecule has 0 saturated carbocycles. The fraction of sp³-hybridized carbons (Fsp3) is 0.240. The van der Waals surface area contributed by atoms with Crippen molar-refractivity contribution >= 4 is 39.6 Å². The molecule has 0 fully saturated rings. The molecule has 3 heterocycles. The third-order valence-corrected chi connectivity index (χ3v) is 7.14. The van der Waals surface area contributed by atoms with Crippen molar-refractivity contribution < 1.29 is 27.8 Å². The van der Waals surface area contributed by atoms with Crippen LogP contribution >= 0.6 is 22.7 Å². The van der Waals surface area contributed by atoms with Gasteiger partial charge in [0.15, 0.2) is 5.13 Å². The maximum atomic E-state index is 12.5. The number of nitrogens with one attached hydrogen (secondary N) is 1. The number of benzene rings is 1. The maximum absolute atomic E-state index is 12.5. The van der Waals surface area contributed by atoms with Crippen LogP contribution in [0.2, 0.25) is 0 Å². The number of carboxylic acids is 1. The van der Waals surface area contributed by atoms with Crippen LogP contribution in [-0.4, -0.2) is 27.4 Å². The number of ether oxygens (including phenoxy) is 1. The number of aromatic nitrogens is 2. The standard InChI is InChI=1S/C25H22F3N3O3S2/c1-14(2)5-10-19-21(15-6-8-17(9-7-15)34-25(26,27)28)36-24(30-19)31-22-18(23(32)33)12-16(13-29-22)20-4-3-11-35-20/h3-4,6-9,11-14H,5,10H2,1-2H3,(H,32,33)(H,29,30,31). The van der Waals surface area contributed by atoms with E-state index in [1.807, 2.05) is 17.5 Å².